The highest BCUT2D eigenvalue weighted by molar-refractivity contribution is 7.17. The molecular formula is C20H29F2N2O2P. The normalized spacial score (nSPS) is 16.4. The van der Waals surface area contributed by atoms with E-state index in [0.717, 1.165) is 12.1 Å². The second-order valence-electron chi connectivity index (χ2n) is 7.57. The topological polar surface area (TPSA) is 41.9 Å². The van der Waals surface area contributed by atoms with Crippen molar-refractivity contribution >= 4 is 20.9 Å². The lowest BCUT2D eigenvalue weighted by Crippen LogP contribution is -2.41. The van der Waals surface area contributed by atoms with Crippen molar-refractivity contribution in [2.45, 2.75) is 52.3 Å². The largest absolute Gasteiger partial charge is 0.391 e. The fourth-order valence-electron chi connectivity index (χ4n) is 3.36. The maximum atomic E-state index is 13.6. The average Bonchev–Trinajstić information content (AvgIpc) is 2.60. The Bertz CT molecular complexity index is 664. The van der Waals surface area contributed by atoms with Gasteiger partial charge in [-0.1, -0.05) is 59.4 Å². The molecule has 0 radical (unpaired) electrons. The molecule has 0 N–H and O–H groups in total. The summed E-state index contributed by atoms with van der Waals surface area (Å²) in [6.45, 7) is 7.47. The molecule has 1 aromatic carbocycles. The van der Waals surface area contributed by atoms with Gasteiger partial charge in [0.1, 0.15) is 6.61 Å². The lowest BCUT2D eigenvalue weighted by Gasteiger charge is -2.30. The van der Waals surface area contributed by atoms with Crippen LogP contribution in [0.5, 0.6) is 0 Å². The first-order valence-corrected chi connectivity index (χ1v) is 9.97. The van der Waals surface area contributed by atoms with Gasteiger partial charge in [0.05, 0.1) is 5.71 Å². The Kier molecular flexibility index (Phi) is 7.72. The maximum Gasteiger partial charge on any atom is 0.284 e. The Labute approximate surface area is 162 Å². The van der Waals surface area contributed by atoms with Crippen LogP contribution in [0.4, 0.5) is 8.78 Å². The lowest BCUT2D eigenvalue weighted by molar-refractivity contribution is -0.135. The minimum atomic E-state index is -2.99. The van der Waals surface area contributed by atoms with E-state index in [9.17, 15) is 13.6 Å². The minimum absolute atomic E-state index is 0.00225. The van der Waals surface area contributed by atoms with Gasteiger partial charge in [0.15, 0.2) is 0 Å². The van der Waals surface area contributed by atoms with E-state index in [-0.39, 0.29) is 24.0 Å². The molecule has 7 heteroatoms. The monoisotopic (exact) mass is 398 g/mol. The first kappa shape index (κ1) is 21.7. The van der Waals surface area contributed by atoms with Crippen LogP contribution in [-0.4, -0.2) is 29.6 Å². The molecule has 1 saturated heterocycles. The number of rotatable bonds is 7. The zero-order chi connectivity index (χ0) is 20.0. The third-order valence-corrected chi connectivity index (χ3v) is 5.00. The number of nitrogens with zero attached hydrogens (tertiary/aromatic N) is 2. The van der Waals surface area contributed by atoms with Crippen LogP contribution in [0.15, 0.2) is 29.4 Å². The van der Waals surface area contributed by atoms with Gasteiger partial charge >= 0.3 is 0 Å². The van der Waals surface area contributed by atoms with Crippen LogP contribution in [0.1, 0.15) is 51.2 Å². The van der Waals surface area contributed by atoms with Gasteiger partial charge in [-0.05, 0) is 12.3 Å². The van der Waals surface area contributed by atoms with Crippen LogP contribution in [-0.2, 0) is 21.9 Å². The van der Waals surface area contributed by atoms with E-state index < -0.39 is 5.66 Å². The molecular weight excluding hydrogens is 369 g/mol. The zero-order valence-corrected chi connectivity index (χ0v) is 17.4. The van der Waals surface area contributed by atoms with Gasteiger partial charge in [-0.3, -0.25) is 4.79 Å². The molecule has 1 aliphatic heterocycles. The number of piperidine rings is 1. The summed E-state index contributed by atoms with van der Waals surface area (Å²) < 4.78 is 27.2. The van der Waals surface area contributed by atoms with E-state index in [0.29, 0.717) is 37.4 Å². The van der Waals surface area contributed by atoms with Crippen LogP contribution < -0.4 is 0 Å². The number of halogens is 2. The molecule has 0 aromatic heterocycles. The van der Waals surface area contributed by atoms with E-state index in [2.05, 4.69) is 19.0 Å². The molecule has 0 spiro atoms. The summed E-state index contributed by atoms with van der Waals surface area (Å²) in [5.74, 6) is 0.723. The number of hydrogen-bond acceptors (Lipinski definition) is 3. The molecule has 0 bridgehead atoms. The molecule has 2 rings (SSSR count). The molecule has 1 fully saturated rings. The van der Waals surface area contributed by atoms with Crippen molar-refractivity contribution in [2.24, 2.45) is 17.0 Å². The van der Waals surface area contributed by atoms with Crippen LogP contribution in [0.25, 0.3) is 0 Å². The Morgan fingerprint density at radius 3 is 2.48 bits per heavy atom. The molecule has 4 nitrogen and oxygen atoms in total. The van der Waals surface area contributed by atoms with Crippen molar-refractivity contribution in [3.8, 4) is 0 Å². The quantitative estimate of drug-likeness (QED) is 0.490. The van der Waals surface area contributed by atoms with Crippen molar-refractivity contribution in [1.29, 1.82) is 0 Å². The molecule has 2 unspecified atom stereocenters. The molecule has 1 amide bonds. The number of oxime groups is 1. The molecule has 1 heterocycles. The van der Waals surface area contributed by atoms with E-state index in [1.165, 1.54) is 6.07 Å². The third-order valence-electron chi connectivity index (χ3n) is 4.69. The maximum absolute atomic E-state index is 13.6. The van der Waals surface area contributed by atoms with Gasteiger partial charge in [0.2, 0.25) is 5.91 Å². The third kappa shape index (κ3) is 6.53. The standard InChI is InChI=1S/C20H29F2N2O2P/c1-14(2)12-15(3)19(25)24-10-8-17(9-11-24)23-26-13-16-6-4-5-7-18(16)20(21,22)27/h4-7,14-15H,8-13,27H2,1-3H3. The van der Waals surface area contributed by atoms with Crippen LogP contribution in [0, 0.1) is 11.8 Å². The fraction of sp³-hybridized carbons (Fsp3) is 0.600. The van der Waals surface area contributed by atoms with E-state index in [4.69, 9.17) is 4.84 Å². The number of hydrogen-bond donors (Lipinski definition) is 0. The van der Waals surface area contributed by atoms with Gasteiger partial charge in [-0.2, -0.15) is 8.78 Å². The van der Waals surface area contributed by atoms with Crippen molar-refractivity contribution in [2.75, 3.05) is 13.1 Å². The van der Waals surface area contributed by atoms with Crippen molar-refractivity contribution in [3.05, 3.63) is 35.4 Å². The number of carbonyl (C=O) groups excluding carboxylic acids is 1. The van der Waals surface area contributed by atoms with E-state index in [1.54, 1.807) is 27.4 Å². The zero-order valence-electron chi connectivity index (χ0n) is 16.3. The molecule has 150 valence electrons. The lowest BCUT2D eigenvalue weighted by atomic mass is 9.96. The van der Waals surface area contributed by atoms with Crippen LogP contribution in [0.3, 0.4) is 0 Å². The van der Waals surface area contributed by atoms with Crippen LogP contribution in [0.2, 0.25) is 0 Å². The molecule has 2 atom stereocenters. The smallest absolute Gasteiger partial charge is 0.284 e. The van der Waals surface area contributed by atoms with Gasteiger partial charge in [-0.15, -0.1) is 0 Å². The SMILES string of the molecule is CC(C)CC(C)C(=O)N1CCC(=NOCc2ccccc2C(F)(F)P)CC1. The molecule has 1 aliphatic rings. The minimum Gasteiger partial charge on any atom is -0.391 e. The highest BCUT2D eigenvalue weighted by Gasteiger charge is 2.28. The summed E-state index contributed by atoms with van der Waals surface area (Å²) in [4.78, 5) is 19.7. The number of benzene rings is 1. The summed E-state index contributed by atoms with van der Waals surface area (Å²) in [6.07, 6.45) is 2.20. The van der Waals surface area contributed by atoms with Crippen LogP contribution >= 0.6 is 9.24 Å². The van der Waals surface area contributed by atoms with Gasteiger partial charge in [0, 0.05) is 43.0 Å². The molecule has 27 heavy (non-hydrogen) atoms. The Balaban J connectivity index is 1.85. The van der Waals surface area contributed by atoms with Gasteiger partial charge in [0.25, 0.3) is 5.66 Å². The molecule has 0 saturated carbocycles. The molecule has 0 aliphatic carbocycles. The van der Waals surface area contributed by atoms with Crippen molar-refractivity contribution < 1.29 is 18.4 Å². The second-order valence-corrected chi connectivity index (χ2v) is 8.29. The Hall–Kier alpha value is -1.55. The van der Waals surface area contributed by atoms with Gasteiger partial charge in [-0.25, -0.2) is 0 Å². The summed E-state index contributed by atoms with van der Waals surface area (Å²) in [5.41, 5.74) is -1.79. The highest BCUT2D eigenvalue weighted by Crippen LogP contribution is 2.37. The Morgan fingerprint density at radius 2 is 1.89 bits per heavy atom. The van der Waals surface area contributed by atoms with Crippen molar-refractivity contribution in [3.63, 3.8) is 0 Å². The number of likely N-dealkylation sites (tertiary alicyclic amines) is 1. The van der Waals surface area contributed by atoms with Crippen molar-refractivity contribution in [1.82, 2.24) is 4.90 Å². The predicted octanol–water partition coefficient (Wildman–Crippen LogP) is 4.79. The summed E-state index contributed by atoms with van der Waals surface area (Å²) in [6, 6.07) is 6.29. The van der Waals surface area contributed by atoms with E-state index >= 15 is 0 Å². The summed E-state index contributed by atoms with van der Waals surface area (Å²) >= 11 is 0. The average molecular weight is 398 g/mol. The first-order chi connectivity index (χ1) is 12.7. The predicted molar refractivity (Wildman–Crippen MR) is 107 cm³/mol. The summed E-state index contributed by atoms with van der Waals surface area (Å²) in [5, 5.41) is 4.12. The molecule has 1 aromatic rings. The van der Waals surface area contributed by atoms with E-state index in [1.807, 2.05) is 11.8 Å². The summed E-state index contributed by atoms with van der Waals surface area (Å²) in [7, 11) is 1.55. The number of alkyl halides is 2. The Morgan fingerprint density at radius 1 is 1.26 bits per heavy atom. The second kappa shape index (κ2) is 9.59. The first-order valence-electron chi connectivity index (χ1n) is 9.40. The van der Waals surface area contributed by atoms with Gasteiger partial charge < -0.3 is 9.74 Å². The fourth-order valence-corrected chi connectivity index (χ4v) is 3.64. The number of amides is 1. The highest BCUT2D eigenvalue weighted by atomic mass is 31.0. The number of carbonyl (C=O) groups is 1.